The molecule has 9 nitrogen and oxygen atoms in total. The van der Waals surface area contributed by atoms with Crippen LogP contribution >= 0.6 is 11.8 Å². The van der Waals surface area contributed by atoms with Gasteiger partial charge in [-0.3, -0.25) is 14.7 Å². The number of aromatic nitrogens is 4. The van der Waals surface area contributed by atoms with Crippen LogP contribution < -0.4 is 15.5 Å². The van der Waals surface area contributed by atoms with Crippen molar-refractivity contribution in [2.45, 2.75) is 36.7 Å². The Morgan fingerprint density at radius 1 is 1.11 bits per heavy atom. The fourth-order valence-corrected chi connectivity index (χ4v) is 6.34. The number of hydrogen-bond acceptors (Lipinski definition) is 9. The number of carbonyl (C=O) groups excluding carboxylic acids is 1. The summed E-state index contributed by atoms with van der Waals surface area (Å²) in [5.74, 6) is 0.245. The molecule has 4 aromatic rings. The number of thioether (sulfide) groups is 1. The van der Waals surface area contributed by atoms with E-state index in [1.54, 1.807) is 24.0 Å². The Kier molecular flexibility index (Phi) is 10.6. The second-order valence-corrected chi connectivity index (χ2v) is 12.4. The number of amides is 1. The molecule has 4 heterocycles. The molecule has 1 saturated heterocycles. The molecule has 0 spiro atoms. The van der Waals surface area contributed by atoms with E-state index in [1.807, 2.05) is 48.5 Å². The van der Waals surface area contributed by atoms with Gasteiger partial charge in [-0.25, -0.2) is 19.3 Å². The van der Waals surface area contributed by atoms with Gasteiger partial charge in [0.15, 0.2) is 5.82 Å². The number of carbonyl (C=O) groups is 1. The molecule has 1 fully saturated rings. The molecule has 1 amide bonds. The lowest BCUT2D eigenvalue weighted by Gasteiger charge is -2.37. The van der Waals surface area contributed by atoms with Crippen LogP contribution in [0.25, 0.3) is 22.2 Å². The Labute approximate surface area is 269 Å². The molecule has 1 atom stereocenters. The van der Waals surface area contributed by atoms with Gasteiger partial charge in [0.05, 0.1) is 29.5 Å². The Hall–Kier alpha value is -4.04. The zero-order chi connectivity index (χ0) is 32.8. The lowest BCUT2D eigenvalue weighted by Crippen LogP contribution is -2.46. The SMILES string of the molecule is CNC(=O)c1c(F)cnc2c(CC(CNc3cc(-c4ccc(N(C)C5CCN(CC(F)(F)F)CC5)nc4)ncn3)SC)cccc12. The number of hydrogen-bond donors (Lipinski definition) is 2. The maximum atomic E-state index is 14.5. The molecule has 244 valence electrons. The van der Waals surface area contributed by atoms with Crippen molar-refractivity contribution < 1.29 is 22.4 Å². The highest BCUT2D eigenvalue weighted by molar-refractivity contribution is 7.99. The van der Waals surface area contributed by atoms with E-state index in [2.05, 4.69) is 30.6 Å². The van der Waals surface area contributed by atoms with Gasteiger partial charge in [0, 0.05) is 68.2 Å². The number of nitrogens with zero attached hydrogens (tertiary/aromatic N) is 6. The van der Waals surface area contributed by atoms with Gasteiger partial charge >= 0.3 is 6.18 Å². The number of piperidine rings is 1. The van der Waals surface area contributed by atoms with Crippen LogP contribution in [0.4, 0.5) is 29.2 Å². The quantitative estimate of drug-likeness (QED) is 0.205. The number of likely N-dealkylation sites (tertiary alicyclic amines) is 1. The molecule has 46 heavy (non-hydrogen) atoms. The van der Waals surface area contributed by atoms with Gasteiger partial charge in [-0.2, -0.15) is 24.9 Å². The highest BCUT2D eigenvalue weighted by Crippen LogP contribution is 2.28. The first kappa shape index (κ1) is 33.3. The summed E-state index contributed by atoms with van der Waals surface area (Å²) in [6, 6.07) is 11.3. The van der Waals surface area contributed by atoms with Crippen LogP contribution in [0, 0.1) is 5.82 Å². The first-order valence-corrected chi connectivity index (χ1v) is 16.2. The van der Waals surface area contributed by atoms with Gasteiger partial charge in [-0.05, 0) is 43.2 Å². The molecule has 1 unspecified atom stereocenters. The van der Waals surface area contributed by atoms with Crippen molar-refractivity contribution in [3.63, 3.8) is 0 Å². The summed E-state index contributed by atoms with van der Waals surface area (Å²) in [6.45, 7) is 0.521. The predicted octanol–water partition coefficient (Wildman–Crippen LogP) is 5.43. The summed E-state index contributed by atoms with van der Waals surface area (Å²) in [5, 5.41) is 6.49. The number of para-hydroxylation sites is 1. The van der Waals surface area contributed by atoms with Gasteiger partial charge in [0.1, 0.15) is 18.0 Å². The summed E-state index contributed by atoms with van der Waals surface area (Å²) in [6.07, 6.45) is 4.07. The highest BCUT2D eigenvalue weighted by Gasteiger charge is 2.33. The van der Waals surface area contributed by atoms with E-state index in [4.69, 9.17) is 0 Å². The summed E-state index contributed by atoms with van der Waals surface area (Å²) >= 11 is 1.68. The molecular formula is C32H36F4N8OS. The molecule has 0 bridgehead atoms. The van der Waals surface area contributed by atoms with Crippen LogP contribution in [0.2, 0.25) is 0 Å². The van der Waals surface area contributed by atoms with Crippen molar-refractivity contribution in [2.24, 2.45) is 0 Å². The highest BCUT2D eigenvalue weighted by atomic mass is 32.2. The number of rotatable bonds is 11. The molecule has 0 radical (unpaired) electrons. The number of pyridine rings is 2. The minimum absolute atomic E-state index is 0.0129. The predicted molar refractivity (Wildman–Crippen MR) is 174 cm³/mol. The van der Waals surface area contributed by atoms with E-state index < -0.39 is 24.4 Å². The van der Waals surface area contributed by atoms with Gasteiger partial charge in [0.2, 0.25) is 0 Å². The van der Waals surface area contributed by atoms with Gasteiger partial charge in [-0.15, -0.1) is 0 Å². The van der Waals surface area contributed by atoms with E-state index in [0.717, 1.165) is 23.1 Å². The van der Waals surface area contributed by atoms with Crippen LogP contribution in [0.5, 0.6) is 0 Å². The lowest BCUT2D eigenvalue weighted by atomic mass is 10.0. The number of fused-ring (bicyclic) bond motifs is 1. The molecule has 5 rings (SSSR count). The Morgan fingerprint density at radius 3 is 2.57 bits per heavy atom. The third-order valence-corrected chi connectivity index (χ3v) is 9.26. The van der Waals surface area contributed by atoms with E-state index in [-0.39, 0.29) is 16.9 Å². The van der Waals surface area contributed by atoms with E-state index >= 15 is 0 Å². The second kappa shape index (κ2) is 14.6. The van der Waals surface area contributed by atoms with Crippen molar-refractivity contribution in [1.82, 2.24) is 30.2 Å². The minimum Gasteiger partial charge on any atom is -0.369 e. The Bertz CT molecular complexity index is 1650. The minimum atomic E-state index is -4.18. The molecule has 14 heteroatoms. The van der Waals surface area contributed by atoms with E-state index in [0.29, 0.717) is 61.3 Å². The summed E-state index contributed by atoms with van der Waals surface area (Å²) < 4.78 is 52.7. The first-order chi connectivity index (χ1) is 22.1. The molecule has 1 aromatic carbocycles. The maximum absolute atomic E-state index is 14.5. The largest absolute Gasteiger partial charge is 0.401 e. The molecule has 1 aliphatic heterocycles. The van der Waals surface area contributed by atoms with Crippen molar-refractivity contribution in [2.75, 3.05) is 56.7 Å². The van der Waals surface area contributed by atoms with Crippen molar-refractivity contribution in [3.8, 4) is 11.3 Å². The standard InChI is InChI=1S/C32H36F4N8OS/c1-37-31(45)29-24-6-4-5-20(30(24)40-17-25(29)33)13-23(46-3)16-38-27-14-26(41-19-42-27)21-7-8-28(39-15-21)43(2)22-9-11-44(12-10-22)18-32(34,35)36/h4-8,14-15,17,19,22-23H,9-13,16,18H2,1-3H3,(H,37,45)(H,38,41,42). The molecular weight excluding hydrogens is 620 g/mol. The third-order valence-electron chi connectivity index (χ3n) is 8.26. The lowest BCUT2D eigenvalue weighted by molar-refractivity contribution is -0.147. The van der Waals surface area contributed by atoms with Crippen LogP contribution in [0.1, 0.15) is 28.8 Å². The van der Waals surface area contributed by atoms with Gasteiger partial charge < -0.3 is 15.5 Å². The monoisotopic (exact) mass is 656 g/mol. The summed E-state index contributed by atoms with van der Waals surface area (Å²) in [5.41, 5.74) is 3.00. The molecule has 1 aliphatic rings. The first-order valence-electron chi connectivity index (χ1n) is 14.9. The normalized spacial score (nSPS) is 15.1. The number of halogens is 4. The average Bonchev–Trinajstić information content (AvgIpc) is 3.05. The van der Waals surface area contributed by atoms with Gasteiger partial charge in [-0.1, -0.05) is 18.2 Å². The molecule has 0 saturated carbocycles. The number of anilines is 2. The van der Waals surface area contributed by atoms with E-state index in [1.165, 1.54) is 18.3 Å². The second-order valence-electron chi connectivity index (χ2n) is 11.2. The number of benzene rings is 1. The third kappa shape index (κ3) is 8.02. The number of alkyl halides is 3. The van der Waals surface area contributed by atoms with Crippen LogP contribution in [-0.2, 0) is 6.42 Å². The maximum Gasteiger partial charge on any atom is 0.401 e. The van der Waals surface area contributed by atoms with Crippen molar-refractivity contribution in [3.05, 3.63) is 72.1 Å². The zero-order valence-electron chi connectivity index (χ0n) is 25.8. The van der Waals surface area contributed by atoms with Crippen molar-refractivity contribution >= 4 is 40.2 Å². The smallest absolute Gasteiger partial charge is 0.369 e. The topological polar surface area (TPSA) is 99.2 Å². The molecule has 0 aliphatic carbocycles. The number of nitrogens with one attached hydrogen (secondary N) is 2. The summed E-state index contributed by atoms with van der Waals surface area (Å²) in [4.78, 5) is 33.6. The fraction of sp³-hybridized carbons (Fsp3) is 0.406. The van der Waals surface area contributed by atoms with Crippen LogP contribution in [-0.4, -0.2) is 94.7 Å². The van der Waals surface area contributed by atoms with Crippen LogP contribution in [0.3, 0.4) is 0 Å². The van der Waals surface area contributed by atoms with Gasteiger partial charge in [0.25, 0.3) is 5.91 Å². The fourth-order valence-electron chi connectivity index (χ4n) is 5.75. The zero-order valence-corrected chi connectivity index (χ0v) is 26.6. The Balaban J connectivity index is 1.21. The Morgan fingerprint density at radius 2 is 1.89 bits per heavy atom. The average molecular weight is 657 g/mol. The molecule has 3 aromatic heterocycles. The van der Waals surface area contributed by atoms with E-state index in [9.17, 15) is 22.4 Å². The van der Waals surface area contributed by atoms with Crippen LogP contribution in [0.15, 0.2) is 55.1 Å². The molecule has 2 N–H and O–H groups in total. The van der Waals surface area contributed by atoms with Crippen molar-refractivity contribution in [1.29, 1.82) is 0 Å². The summed E-state index contributed by atoms with van der Waals surface area (Å²) in [7, 11) is 3.39.